The molecule has 0 bridgehead atoms. The van der Waals surface area contributed by atoms with Gasteiger partial charge in [-0.1, -0.05) is 42.5 Å². The van der Waals surface area contributed by atoms with Crippen LogP contribution in [0.5, 0.6) is 0 Å². The number of hydrogen-bond acceptors (Lipinski definition) is 2. The van der Waals surface area contributed by atoms with Crippen LogP contribution in [0.2, 0.25) is 0 Å². The van der Waals surface area contributed by atoms with Gasteiger partial charge in [-0.2, -0.15) is 0 Å². The van der Waals surface area contributed by atoms with E-state index in [1.54, 1.807) is 17.4 Å². The largest absolute Gasteiger partial charge is 0.333 e. The first-order valence-corrected chi connectivity index (χ1v) is 7.16. The van der Waals surface area contributed by atoms with E-state index in [9.17, 15) is 4.79 Å². The zero-order valence-corrected chi connectivity index (χ0v) is 12.2. The first-order chi connectivity index (χ1) is 10.8. The second-order valence-corrected chi connectivity index (χ2v) is 5.12. The molecule has 3 rings (SSSR count). The van der Waals surface area contributed by atoms with Crippen molar-refractivity contribution in [2.75, 3.05) is 4.90 Å². The van der Waals surface area contributed by atoms with Crippen LogP contribution in [0.25, 0.3) is 0 Å². The number of amides is 1. The smallest absolute Gasteiger partial charge is 0.214 e. The Bertz CT molecular complexity index is 723. The Hall–Kier alpha value is -2.88. The van der Waals surface area contributed by atoms with Gasteiger partial charge >= 0.3 is 0 Å². The lowest BCUT2D eigenvalue weighted by Gasteiger charge is -2.18. The third-order valence-electron chi connectivity index (χ3n) is 3.49. The summed E-state index contributed by atoms with van der Waals surface area (Å²) in [5.41, 5.74) is 3.14. The first-order valence-electron chi connectivity index (χ1n) is 7.16. The van der Waals surface area contributed by atoms with Gasteiger partial charge in [0.2, 0.25) is 6.41 Å². The highest BCUT2D eigenvalue weighted by molar-refractivity contribution is 5.75. The lowest BCUT2D eigenvalue weighted by atomic mass is 10.1. The quantitative estimate of drug-likeness (QED) is 0.655. The topological polar surface area (TPSA) is 38.1 Å². The van der Waals surface area contributed by atoms with E-state index in [4.69, 9.17) is 0 Å². The van der Waals surface area contributed by atoms with Crippen LogP contribution in [-0.2, 0) is 17.9 Å². The predicted octanol–water partition coefficient (Wildman–Crippen LogP) is 3.09. The van der Waals surface area contributed by atoms with Crippen molar-refractivity contribution in [2.24, 2.45) is 0 Å². The van der Waals surface area contributed by atoms with Crippen LogP contribution >= 0.6 is 0 Å². The fourth-order valence-corrected chi connectivity index (χ4v) is 2.39. The van der Waals surface area contributed by atoms with Gasteiger partial charge < -0.3 is 9.47 Å². The molecule has 1 aromatic heterocycles. The number of imidazole rings is 1. The van der Waals surface area contributed by atoms with Crippen LogP contribution in [0.1, 0.15) is 11.1 Å². The van der Waals surface area contributed by atoms with Crippen LogP contribution in [0, 0.1) is 0 Å². The summed E-state index contributed by atoms with van der Waals surface area (Å²) in [6, 6.07) is 18.0. The van der Waals surface area contributed by atoms with Crippen molar-refractivity contribution in [3.8, 4) is 0 Å². The molecule has 4 heteroatoms. The van der Waals surface area contributed by atoms with E-state index in [1.165, 1.54) is 0 Å². The van der Waals surface area contributed by atoms with E-state index in [-0.39, 0.29) is 0 Å². The molecule has 110 valence electrons. The van der Waals surface area contributed by atoms with Crippen molar-refractivity contribution < 1.29 is 4.79 Å². The van der Waals surface area contributed by atoms with E-state index >= 15 is 0 Å². The van der Waals surface area contributed by atoms with E-state index in [2.05, 4.69) is 11.1 Å². The molecule has 0 fully saturated rings. The summed E-state index contributed by atoms with van der Waals surface area (Å²) in [4.78, 5) is 17.2. The molecule has 1 amide bonds. The zero-order chi connectivity index (χ0) is 15.2. The normalized spacial score (nSPS) is 10.4. The van der Waals surface area contributed by atoms with Crippen LogP contribution in [0.4, 0.5) is 5.69 Å². The summed E-state index contributed by atoms with van der Waals surface area (Å²) in [5, 5.41) is 0. The number of carbonyl (C=O) groups excluding carboxylic acids is 1. The van der Waals surface area contributed by atoms with Gasteiger partial charge in [-0.05, 0) is 23.3 Å². The Morgan fingerprint density at radius 2 is 1.86 bits per heavy atom. The number of hydrogen-bond donors (Lipinski definition) is 0. The molecule has 0 aliphatic heterocycles. The van der Waals surface area contributed by atoms with Gasteiger partial charge in [-0.3, -0.25) is 4.79 Å². The highest BCUT2D eigenvalue weighted by Crippen LogP contribution is 2.18. The molecule has 0 aliphatic carbocycles. The number of benzene rings is 2. The van der Waals surface area contributed by atoms with Gasteiger partial charge in [-0.15, -0.1) is 0 Å². The third kappa shape index (κ3) is 3.41. The molecule has 2 aromatic carbocycles. The van der Waals surface area contributed by atoms with Gasteiger partial charge in [0.15, 0.2) is 0 Å². The lowest BCUT2D eigenvalue weighted by molar-refractivity contribution is -0.107. The van der Waals surface area contributed by atoms with Crippen molar-refractivity contribution in [1.82, 2.24) is 9.55 Å². The van der Waals surface area contributed by atoms with Crippen LogP contribution in [0.3, 0.4) is 0 Å². The number of rotatable bonds is 6. The molecule has 0 spiro atoms. The molecule has 0 saturated carbocycles. The molecule has 22 heavy (non-hydrogen) atoms. The van der Waals surface area contributed by atoms with Crippen LogP contribution in [-0.4, -0.2) is 16.0 Å². The van der Waals surface area contributed by atoms with Crippen molar-refractivity contribution >= 4 is 12.1 Å². The summed E-state index contributed by atoms with van der Waals surface area (Å²) in [5.74, 6) is 0. The highest BCUT2D eigenvalue weighted by Gasteiger charge is 2.07. The van der Waals surface area contributed by atoms with Gasteiger partial charge in [0.05, 0.1) is 12.9 Å². The molecule has 0 aliphatic rings. The molecule has 0 unspecified atom stereocenters. The monoisotopic (exact) mass is 291 g/mol. The average molecular weight is 291 g/mol. The van der Waals surface area contributed by atoms with Gasteiger partial charge in [0, 0.05) is 24.6 Å². The summed E-state index contributed by atoms with van der Waals surface area (Å²) in [7, 11) is 0. The second-order valence-electron chi connectivity index (χ2n) is 5.12. The fourth-order valence-electron chi connectivity index (χ4n) is 2.39. The standard InChI is InChI=1S/C18H17N3O/c22-15-21(13-16-5-2-1-3-6-16)18-8-4-7-17(11-18)12-20-10-9-19-14-20/h1-11,14-15H,12-13H2. The minimum absolute atomic E-state index is 0.568. The maximum absolute atomic E-state index is 11.4. The maximum Gasteiger partial charge on any atom is 0.214 e. The highest BCUT2D eigenvalue weighted by atomic mass is 16.1. The molecule has 1 heterocycles. The molecule has 0 N–H and O–H groups in total. The van der Waals surface area contributed by atoms with Crippen molar-refractivity contribution in [2.45, 2.75) is 13.1 Å². The van der Waals surface area contributed by atoms with Gasteiger partial charge in [-0.25, -0.2) is 4.98 Å². The average Bonchev–Trinajstić information content (AvgIpc) is 3.07. The first kappa shape index (κ1) is 14.1. The fraction of sp³-hybridized carbons (Fsp3) is 0.111. The molecule has 0 atom stereocenters. The van der Waals surface area contributed by atoms with Crippen LogP contribution in [0.15, 0.2) is 73.3 Å². The summed E-state index contributed by atoms with van der Waals surface area (Å²) >= 11 is 0. The number of aromatic nitrogens is 2. The van der Waals surface area contributed by atoms with E-state index in [0.29, 0.717) is 6.54 Å². The minimum Gasteiger partial charge on any atom is -0.333 e. The second kappa shape index (κ2) is 6.72. The molecule has 4 nitrogen and oxygen atoms in total. The van der Waals surface area contributed by atoms with E-state index < -0.39 is 0 Å². The zero-order valence-electron chi connectivity index (χ0n) is 12.2. The Kier molecular flexibility index (Phi) is 4.30. The number of nitrogens with zero attached hydrogens (tertiary/aromatic N) is 3. The van der Waals surface area contributed by atoms with Crippen molar-refractivity contribution in [3.05, 3.63) is 84.4 Å². The number of anilines is 1. The van der Waals surface area contributed by atoms with Gasteiger partial charge in [0.25, 0.3) is 0 Å². The molecule has 0 radical (unpaired) electrons. The van der Waals surface area contributed by atoms with E-state index in [0.717, 1.165) is 29.8 Å². The summed E-state index contributed by atoms with van der Waals surface area (Å²) in [6.07, 6.45) is 6.35. The maximum atomic E-state index is 11.4. The molecular weight excluding hydrogens is 274 g/mol. The Morgan fingerprint density at radius 1 is 1.05 bits per heavy atom. The SMILES string of the molecule is O=CN(Cc1ccccc1)c1cccc(Cn2ccnc2)c1. The number of carbonyl (C=O) groups is 1. The predicted molar refractivity (Wildman–Crippen MR) is 86.5 cm³/mol. The third-order valence-corrected chi connectivity index (χ3v) is 3.49. The van der Waals surface area contributed by atoms with E-state index in [1.807, 2.05) is 59.3 Å². The molecular formula is C18H17N3O. The minimum atomic E-state index is 0.568. The summed E-state index contributed by atoms with van der Waals surface area (Å²) < 4.78 is 2.00. The Balaban J connectivity index is 1.78. The lowest BCUT2D eigenvalue weighted by Crippen LogP contribution is -2.20. The van der Waals surface area contributed by atoms with Gasteiger partial charge in [0.1, 0.15) is 0 Å². The Morgan fingerprint density at radius 3 is 2.59 bits per heavy atom. The van der Waals surface area contributed by atoms with Crippen molar-refractivity contribution in [1.29, 1.82) is 0 Å². The van der Waals surface area contributed by atoms with Crippen molar-refractivity contribution in [3.63, 3.8) is 0 Å². The molecule has 0 saturated heterocycles. The molecule has 3 aromatic rings. The Labute approximate surface area is 129 Å². The summed E-state index contributed by atoms with van der Waals surface area (Å²) in [6.45, 7) is 1.31. The van der Waals surface area contributed by atoms with Crippen LogP contribution < -0.4 is 4.90 Å².